The zero-order valence-corrected chi connectivity index (χ0v) is 20.6. The Bertz CT molecular complexity index is 990. The highest BCUT2D eigenvalue weighted by molar-refractivity contribution is 5.95. The molecule has 184 valence electrons. The van der Waals surface area contributed by atoms with Gasteiger partial charge < -0.3 is 23.8 Å². The molecule has 8 heteroatoms. The van der Waals surface area contributed by atoms with E-state index in [-0.39, 0.29) is 24.0 Å². The number of aromatic nitrogens is 2. The summed E-state index contributed by atoms with van der Waals surface area (Å²) >= 11 is 0. The smallest absolute Gasteiger partial charge is 0.254 e. The third-order valence-corrected chi connectivity index (χ3v) is 6.21. The van der Waals surface area contributed by atoms with Gasteiger partial charge in [0, 0.05) is 29.8 Å². The van der Waals surface area contributed by atoms with Gasteiger partial charge in [-0.15, -0.1) is 0 Å². The minimum absolute atomic E-state index is 0.0489. The predicted octanol–water partition coefficient (Wildman–Crippen LogP) is 4.16. The molecule has 1 amide bonds. The number of ether oxygens (including phenoxy) is 4. The van der Waals surface area contributed by atoms with Crippen molar-refractivity contribution in [3.05, 3.63) is 41.3 Å². The predicted molar refractivity (Wildman–Crippen MR) is 128 cm³/mol. The molecule has 1 unspecified atom stereocenters. The Hall–Kier alpha value is -2.87. The Morgan fingerprint density at radius 1 is 1.18 bits per heavy atom. The van der Waals surface area contributed by atoms with E-state index in [0.29, 0.717) is 49.2 Å². The molecule has 2 heterocycles. The lowest BCUT2D eigenvalue weighted by Gasteiger charge is -2.33. The molecule has 1 aromatic heterocycles. The van der Waals surface area contributed by atoms with Crippen molar-refractivity contribution >= 4 is 5.91 Å². The van der Waals surface area contributed by atoms with Gasteiger partial charge in [-0.3, -0.25) is 4.79 Å². The summed E-state index contributed by atoms with van der Waals surface area (Å²) < 4.78 is 23.4. The molecule has 0 bridgehead atoms. The summed E-state index contributed by atoms with van der Waals surface area (Å²) in [6, 6.07) is 7.22. The molecule has 0 radical (unpaired) electrons. The standard InChI is InChI=1S/C26H35N3O5/c1-17(2)25-27-18(3)13-24(28-25)33-16-21-15-29(11-12-32-21)26(30)19-9-10-22(31-4)23(14-19)34-20-7-5-6-8-20/h9-10,13-14,17,20-21H,5-8,11-12,15-16H2,1-4H3. The molecule has 1 saturated heterocycles. The molecule has 2 fully saturated rings. The van der Waals surface area contributed by atoms with Crippen molar-refractivity contribution in [1.82, 2.24) is 14.9 Å². The van der Waals surface area contributed by atoms with Gasteiger partial charge in [0.05, 0.1) is 26.4 Å². The number of hydrogen-bond donors (Lipinski definition) is 0. The summed E-state index contributed by atoms with van der Waals surface area (Å²) in [7, 11) is 1.62. The van der Waals surface area contributed by atoms with Crippen LogP contribution in [-0.2, 0) is 4.74 Å². The molecule has 0 N–H and O–H groups in total. The highest BCUT2D eigenvalue weighted by Crippen LogP contribution is 2.33. The third kappa shape index (κ3) is 5.97. The lowest BCUT2D eigenvalue weighted by atomic mass is 10.1. The van der Waals surface area contributed by atoms with E-state index >= 15 is 0 Å². The fourth-order valence-electron chi connectivity index (χ4n) is 4.35. The maximum absolute atomic E-state index is 13.3. The third-order valence-electron chi connectivity index (χ3n) is 6.21. The van der Waals surface area contributed by atoms with E-state index in [1.165, 1.54) is 12.8 Å². The van der Waals surface area contributed by atoms with Crippen LogP contribution < -0.4 is 14.2 Å². The Labute approximate surface area is 201 Å². The van der Waals surface area contributed by atoms with E-state index in [1.54, 1.807) is 19.2 Å². The summed E-state index contributed by atoms with van der Waals surface area (Å²) in [4.78, 5) is 24.0. The van der Waals surface area contributed by atoms with E-state index in [2.05, 4.69) is 23.8 Å². The van der Waals surface area contributed by atoms with Crippen LogP contribution in [0.15, 0.2) is 24.3 Å². The molecule has 8 nitrogen and oxygen atoms in total. The van der Waals surface area contributed by atoms with Crippen molar-refractivity contribution in [2.24, 2.45) is 0 Å². The number of nitrogens with zero attached hydrogens (tertiary/aromatic N) is 3. The van der Waals surface area contributed by atoms with Gasteiger partial charge in [-0.25, -0.2) is 4.98 Å². The Balaban J connectivity index is 1.39. The van der Waals surface area contributed by atoms with Crippen LogP contribution in [0.2, 0.25) is 0 Å². The molecule has 4 rings (SSSR count). The maximum Gasteiger partial charge on any atom is 0.254 e. The lowest BCUT2D eigenvalue weighted by Crippen LogP contribution is -2.47. The summed E-state index contributed by atoms with van der Waals surface area (Å²) in [5.74, 6) is 2.74. The van der Waals surface area contributed by atoms with Gasteiger partial charge in [-0.2, -0.15) is 4.98 Å². The van der Waals surface area contributed by atoms with Crippen molar-refractivity contribution in [3.8, 4) is 17.4 Å². The maximum atomic E-state index is 13.3. The fourth-order valence-corrected chi connectivity index (χ4v) is 4.35. The number of carbonyl (C=O) groups is 1. The van der Waals surface area contributed by atoms with Gasteiger partial charge in [0.1, 0.15) is 18.5 Å². The van der Waals surface area contributed by atoms with Crippen molar-refractivity contribution < 1.29 is 23.7 Å². The molecule has 1 aliphatic heterocycles. The fraction of sp³-hybridized carbons (Fsp3) is 0.577. The number of carbonyl (C=O) groups excluding carboxylic acids is 1. The normalized spacial score (nSPS) is 18.9. The number of rotatable bonds is 8. The van der Waals surface area contributed by atoms with E-state index in [9.17, 15) is 4.79 Å². The second-order valence-electron chi connectivity index (χ2n) is 9.31. The zero-order chi connectivity index (χ0) is 24.1. The number of aryl methyl sites for hydroxylation is 1. The number of hydrogen-bond acceptors (Lipinski definition) is 7. The highest BCUT2D eigenvalue weighted by atomic mass is 16.5. The summed E-state index contributed by atoms with van der Waals surface area (Å²) in [5.41, 5.74) is 1.45. The van der Waals surface area contributed by atoms with Crippen molar-refractivity contribution in [2.75, 3.05) is 33.4 Å². The number of methoxy groups -OCH3 is 1. The van der Waals surface area contributed by atoms with Crippen molar-refractivity contribution in [1.29, 1.82) is 0 Å². The summed E-state index contributed by atoms with van der Waals surface area (Å²) in [5, 5.41) is 0. The van der Waals surface area contributed by atoms with Gasteiger partial charge in [-0.05, 0) is 50.8 Å². The average Bonchev–Trinajstić information content (AvgIpc) is 3.35. The van der Waals surface area contributed by atoms with Crippen LogP contribution in [0.25, 0.3) is 0 Å². The first-order valence-electron chi connectivity index (χ1n) is 12.2. The van der Waals surface area contributed by atoms with Crippen LogP contribution in [-0.4, -0.2) is 66.4 Å². The molecule has 0 spiro atoms. The van der Waals surface area contributed by atoms with Gasteiger partial charge >= 0.3 is 0 Å². The molecule has 1 atom stereocenters. The van der Waals surface area contributed by atoms with E-state index < -0.39 is 0 Å². The Kier molecular flexibility index (Phi) is 7.88. The average molecular weight is 470 g/mol. The number of morpholine rings is 1. The van der Waals surface area contributed by atoms with E-state index in [0.717, 1.165) is 24.4 Å². The van der Waals surface area contributed by atoms with Crippen LogP contribution in [0.5, 0.6) is 17.4 Å². The van der Waals surface area contributed by atoms with Gasteiger partial charge in [0.2, 0.25) is 5.88 Å². The summed E-state index contributed by atoms with van der Waals surface area (Å²) in [6.45, 7) is 7.79. The Morgan fingerprint density at radius 2 is 1.97 bits per heavy atom. The van der Waals surface area contributed by atoms with Crippen molar-refractivity contribution in [3.63, 3.8) is 0 Å². The van der Waals surface area contributed by atoms with Gasteiger partial charge in [0.25, 0.3) is 5.91 Å². The molecular weight excluding hydrogens is 434 g/mol. The van der Waals surface area contributed by atoms with E-state index in [4.69, 9.17) is 18.9 Å². The topological polar surface area (TPSA) is 83.0 Å². The first-order valence-corrected chi connectivity index (χ1v) is 12.2. The monoisotopic (exact) mass is 469 g/mol. The lowest BCUT2D eigenvalue weighted by molar-refractivity contribution is -0.0407. The molecule has 2 aliphatic rings. The minimum Gasteiger partial charge on any atom is -0.493 e. The molecule has 1 aliphatic carbocycles. The largest absolute Gasteiger partial charge is 0.493 e. The van der Waals surface area contributed by atoms with Crippen LogP contribution in [0.3, 0.4) is 0 Å². The van der Waals surface area contributed by atoms with Crippen LogP contribution in [0.4, 0.5) is 0 Å². The first-order chi connectivity index (χ1) is 16.4. The Morgan fingerprint density at radius 3 is 2.71 bits per heavy atom. The van der Waals surface area contributed by atoms with E-state index in [1.807, 2.05) is 24.0 Å². The first kappa shape index (κ1) is 24.3. The molecule has 1 aromatic carbocycles. The van der Waals surface area contributed by atoms with Crippen LogP contribution in [0.1, 0.15) is 67.3 Å². The number of benzene rings is 1. The SMILES string of the molecule is COc1ccc(C(=O)N2CCOC(COc3cc(C)nc(C(C)C)n3)C2)cc1OC1CCCC1. The van der Waals surface area contributed by atoms with Crippen LogP contribution in [0, 0.1) is 6.92 Å². The quantitative estimate of drug-likeness (QED) is 0.574. The highest BCUT2D eigenvalue weighted by Gasteiger charge is 2.27. The molecular formula is C26H35N3O5. The molecule has 1 saturated carbocycles. The van der Waals surface area contributed by atoms with Gasteiger partial charge in [-0.1, -0.05) is 13.8 Å². The second-order valence-corrected chi connectivity index (χ2v) is 9.31. The molecule has 2 aromatic rings. The second kappa shape index (κ2) is 11.0. The summed E-state index contributed by atoms with van der Waals surface area (Å²) in [6.07, 6.45) is 4.38. The number of amides is 1. The van der Waals surface area contributed by atoms with Crippen LogP contribution >= 0.6 is 0 Å². The van der Waals surface area contributed by atoms with Gasteiger partial charge in [0.15, 0.2) is 11.5 Å². The minimum atomic E-state index is -0.233. The zero-order valence-electron chi connectivity index (χ0n) is 20.6. The van der Waals surface area contributed by atoms with Crippen molar-refractivity contribution in [2.45, 2.75) is 64.6 Å². The molecule has 34 heavy (non-hydrogen) atoms.